The minimum absolute atomic E-state index is 0.265. The number of rotatable bonds is 5. The molecule has 2 atom stereocenters. The van der Waals surface area contributed by atoms with Crippen molar-refractivity contribution in [3.8, 4) is 0 Å². The van der Waals surface area contributed by atoms with Crippen molar-refractivity contribution in [3.63, 3.8) is 0 Å². The average molecular weight is 209 g/mol. The maximum Gasteiger partial charge on any atom is 0.336 e. The number of aliphatic hydroxyl groups is 1. The van der Waals surface area contributed by atoms with Gasteiger partial charge in [0.25, 0.3) is 0 Å². The Kier molecular flexibility index (Phi) is 6.08. The molecule has 0 aromatic carbocycles. The Morgan fingerprint density at radius 3 is 2.46 bits per heavy atom. The van der Waals surface area contributed by atoms with Gasteiger partial charge in [-0.25, -0.2) is 4.79 Å². The molecule has 0 aromatic rings. The lowest BCUT2D eigenvalue weighted by Gasteiger charge is -2.16. The van der Waals surface area contributed by atoms with Gasteiger partial charge >= 0.3 is 5.97 Å². The second-order valence-electron chi connectivity index (χ2n) is 3.34. The summed E-state index contributed by atoms with van der Waals surface area (Å²) in [5.41, 5.74) is 0. The Morgan fingerprint density at radius 2 is 2.08 bits per heavy atom. The van der Waals surface area contributed by atoms with Gasteiger partial charge in [0, 0.05) is 0 Å². The Bertz CT molecular complexity index is 159. The largest absolute Gasteiger partial charge is 0.464 e. The van der Waals surface area contributed by atoms with E-state index >= 15 is 0 Å². The molecular formula is C9H17ClO3. The van der Waals surface area contributed by atoms with E-state index in [-0.39, 0.29) is 6.61 Å². The summed E-state index contributed by atoms with van der Waals surface area (Å²) in [7, 11) is 0. The van der Waals surface area contributed by atoms with Gasteiger partial charge in [0.05, 0.1) is 12.0 Å². The maximum atomic E-state index is 11.0. The van der Waals surface area contributed by atoms with Gasteiger partial charge in [-0.05, 0) is 19.3 Å². The summed E-state index contributed by atoms with van der Waals surface area (Å²) in [5.74, 6) is -0.283. The van der Waals surface area contributed by atoms with E-state index < -0.39 is 17.5 Å². The molecular weight excluding hydrogens is 192 g/mol. The Morgan fingerprint density at radius 1 is 1.54 bits per heavy atom. The van der Waals surface area contributed by atoms with Crippen molar-refractivity contribution >= 4 is 17.6 Å². The number of carbonyl (C=O) groups excluding carboxylic acids is 1. The van der Waals surface area contributed by atoms with Crippen LogP contribution in [0.4, 0.5) is 0 Å². The summed E-state index contributed by atoms with van der Waals surface area (Å²) in [6, 6.07) is 0. The standard InChI is InChI=1S/C9H17ClO3/c1-4-13-9(12)8(11)7(10)5-6(2)3/h6-8,11H,4-5H2,1-3H3/t7?,8-/m1/s1. The van der Waals surface area contributed by atoms with Gasteiger partial charge in [-0.15, -0.1) is 11.6 Å². The molecule has 1 N–H and O–H groups in total. The lowest BCUT2D eigenvalue weighted by atomic mass is 10.0. The van der Waals surface area contributed by atoms with Crippen molar-refractivity contribution in [2.24, 2.45) is 5.92 Å². The lowest BCUT2D eigenvalue weighted by molar-refractivity contribution is -0.153. The molecule has 1 unspecified atom stereocenters. The Hall–Kier alpha value is -0.280. The SMILES string of the molecule is CCOC(=O)[C@H](O)C(Cl)CC(C)C. The molecule has 0 spiro atoms. The van der Waals surface area contributed by atoms with E-state index in [9.17, 15) is 9.90 Å². The predicted octanol–water partition coefficient (Wildman–Crippen LogP) is 1.56. The monoisotopic (exact) mass is 208 g/mol. The van der Waals surface area contributed by atoms with Crippen molar-refractivity contribution in [2.75, 3.05) is 6.61 Å². The van der Waals surface area contributed by atoms with Crippen LogP contribution in [0.5, 0.6) is 0 Å². The minimum Gasteiger partial charge on any atom is -0.464 e. The van der Waals surface area contributed by atoms with E-state index in [1.54, 1.807) is 6.92 Å². The number of alkyl halides is 1. The van der Waals surface area contributed by atoms with Gasteiger partial charge in [-0.1, -0.05) is 13.8 Å². The van der Waals surface area contributed by atoms with E-state index in [4.69, 9.17) is 11.6 Å². The van der Waals surface area contributed by atoms with Crippen LogP contribution in [0.1, 0.15) is 27.2 Å². The molecule has 0 saturated heterocycles. The topological polar surface area (TPSA) is 46.5 Å². The van der Waals surface area contributed by atoms with Gasteiger partial charge in [-0.3, -0.25) is 0 Å². The molecule has 0 fully saturated rings. The zero-order chi connectivity index (χ0) is 10.4. The van der Waals surface area contributed by atoms with Crippen LogP contribution in [-0.4, -0.2) is 29.2 Å². The summed E-state index contributed by atoms with van der Waals surface area (Å²) in [4.78, 5) is 11.0. The number of ether oxygens (including phenoxy) is 1. The molecule has 78 valence electrons. The van der Waals surface area contributed by atoms with Gasteiger partial charge in [0.1, 0.15) is 0 Å². The van der Waals surface area contributed by atoms with Gasteiger partial charge < -0.3 is 9.84 Å². The fourth-order valence-corrected chi connectivity index (χ4v) is 1.41. The van der Waals surface area contributed by atoms with Crippen molar-refractivity contribution in [3.05, 3.63) is 0 Å². The minimum atomic E-state index is -1.20. The highest BCUT2D eigenvalue weighted by molar-refractivity contribution is 6.22. The van der Waals surface area contributed by atoms with Crippen LogP contribution in [0.3, 0.4) is 0 Å². The van der Waals surface area contributed by atoms with E-state index in [2.05, 4.69) is 4.74 Å². The first kappa shape index (κ1) is 12.7. The smallest absolute Gasteiger partial charge is 0.336 e. The Labute approximate surface area is 84.0 Å². The van der Waals surface area contributed by atoms with Gasteiger partial charge in [0.15, 0.2) is 6.10 Å². The van der Waals surface area contributed by atoms with E-state index in [1.165, 1.54) is 0 Å². The van der Waals surface area contributed by atoms with E-state index in [1.807, 2.05) is 13.8 Å². The molecule has 0 radical (unpaired) electrons. The first-order valence-electron chi connectivity index (χ1n) is 4.47. The number of aliphatic hydroxyl groups excluding tert-OH is 1. The van der Waals surface area contributed by atoms with Crippen molar-refractivity contribution in [1.82, 2.24) is 0 Å². The van der Waals surface area contributed by atoms with Gasteiger partial charge in [-0.2, -0.15) is 0 Å². The number of carbonyl (C=O) groups is 1. The quantitative estimate of drug-likeness (QED) is 0.551. The second kappa shape index (κ2) is 6.22. The summed E-state index contributed by atoms with van der Waals surface area (Å²) < 4.78 is 4.63. The fourth-order valence-electron chi connectivity index (χ4n) is 0.955. The Balaban J connectivity index is 3.93. The van der Waals surface area contributed by atoms with E-state index in [0.717, 1.165) is 0 Å². The fraction of sp³-hybridized carbons (Fsp3) is 0.889. The number of esters is 1. The normalized spacial score (nSPS) is 15.5. The van der Waals surface area contributed by atoms with Crippen LogP contribution >= 0.6 is 11.6 Å². The third-order valence-electron chi connectivity index (χ3n) is 1.57. The molecule has 0 amide bonds. The van der Waals surface area contributed by atoms with Crippen LogP contribution in [0.25, 0.3) is 0 Å². The first-order valence-corrected chi connectivity index (χ1v) is 4.91. The predicted molar refractivity (Wildman–Crippen MR) is 51.7 cm³/mol. The first-order chi connectivity index (χ1) is 5.99. The van der Waals surface area contributed by atoms with E-state index in [0.29, 0.717) is 12.3 Å². The van der Waals surface area contributed by atoms with Crippen LogP contribution in [-0.2, 0) is 9.53 Å². The van der Waals surface area contributed by atoms with Crippen LogP contribution < -0.4 is 0 Å². The molecule has 0 aliphatic heterocycles. The highest BCUT2D eigenvalue weighted by Crippen LogP contribution is 2.15. The van der Waals surface area contributed by atoms with Crippen molar-refractivity contribution in [1.29, 1.82) is 0 Å². The molecule has 3 nitrogen and oxygen atoms in total. The maximum absolute atomic E-state index is 11.0. The molecule has 0 saturated carbocycles. The molecule has 0 rings (SSSR count). The summed E-state index contributed by atoms with van der Waals surface area (Å²) in [6.07, 6.45) is -0.606. The van der Waals surface area contributed by atoms with Crippen molar-refractivity contribution in [2.45, 2.75) is 38.7 Å². The highest BCUT2D eigenvalue weighted by Gasteiger charge is 2.25. The molecule has 0 bridgehead atoms. The third kappa shape index (κ3) is 5.11. The van der Waals surface area contributed by atoms with Crippen LogP contribution in [0.2, 0.25) is 0 Å². The van der Waals surface area contributed by atoms with Crippen molar-refractivity contribution < 1.29 is 14.6 Å². The zero-order valence-electron chi connectivity index (χ0n) is 8.29. The molecule has 0 heterocycles. The van der Waals surface area contributed by atoms with Gasteiger partial charge in [0.2, 0.25) is 0 Å². The molecule has 13 heavy (non-hydrogen) atoms. The highest BCUT2D eigenvalue weighted by atomic mass is 35.5. The molecule has 0 aliphatic rings. The van der Waals surface area contributed by atoms with Crippen LogP contribution in [0.15, 0.2) is 0 Å². The molecule has 0 aliphatic carbocycles. The average Bonchev–Trinajstić information content (AvgIpc) is 2.02. The van der Waals surface area contributed by atoms with Crippen LogP contribution in [0, 0.1) is 5.92 Å². The third-order valence-corrected chi connectivity index (χ3v) is 1.98. The lowest BCUT2D eigenvalue weighted by Crippen LogP contribution is -2.32. The zero-order valence-corrected chi connectivity index (χ0v) is 9.04. The number of hydrogen-bond acceptors (Lipinski definition) is 3. The second-order valence-corrected chi connectivity index (χ2v) is 3.90. The number of halogens is 1. The summed E-state index contributed by atoms with van der Waals surface area (Å²) in [5, 5.41) is 8.80. The molecule has 4 heteroatoms. The summed E-state index contributed by atoms with van der Waals surface area (Å²) in [6.45, 7) is 5.91. The molecule has 0 aromatic heterocycles. The summed E-state index contributed by atoms with van der Waals surface area (Å²) >= 11 is 5.81. The number of hydrogen-bond donors (Lipinski definition) is 1.